The van der Waals surface area contributed by atoms with E-state index in [0.717, 1.165) is 29.5 Å². The minimum atomic E-state index is -0.339. The molecule has 0 bridgehead atoms. The molecule has 1 aliphatic heterocycles. The average molecular weight is 444 g/mol. The van der Waals surface area contributed by atoms with Crippen LogP contribution in [0.5, 0.6) is 0 Å². The number of rotatable bonds is 6. The van der Waals surface area contributed by atoms with Crippen molar-refractivity contribution >= 4 is 5.95 Å². The molecule has 3 aromatic heterocycles. The highest BCUT2D eigenvalue weighted by Gasteiger charge is 2.44. The molecule has 4 heterocycles. The lowest BCUT2D eigenvalue weighted by molar-refractivity contribution is -0.0286. The van der Waals surface area contributed by atoms with Gasteiger partial charge in [0.15, 0.2) is 5.82 Å². The number of nitrogens with zero attached hydrogens (tertiary/aromatic N) is 6. The van der Waals surface area contributed by atoms with Crippen molar-refractivity contribution in [1.82, 2.24) is 29.9 Å². The summed E-state index contributed by atoms with van der Waals surface area (Å²) in [5, 5.41) is 8.88. The van der Waals surface area contributed by atoms with Crippen LogP contribution in [0.3, 0.4) is 0 Å². The third kappa shape index (κ3) is 3.39. The van der Waals surface area contributed by atoms with E-state index in [1.54, 1.807) is 18.6 Å². The number of anilines is 1. The molecule has 1 aliphatic carbocycles. The highest BCUT2D eigenvalue weighted by atomic mass is 16.5. The number of ether oxygens (including phenoxy) is 1. The van der Waals surface area contributed by atoms with E-state index in [1.165, 1.54) is 12.0 Å². The molecular weight excluding hydrogens is 418 g/mol. The molecule has 168 valence electrons. The third-order valence-corrected chi connectivity index (χ3v) is 7.14. The first-order valence-corrected chi connectivity index (χ1v) is 11.3. The molecule has 2 N–H and O–H groups in total. The molecule has 2 fully saturated rings. The van der Waals surface area contributed by atoms with Crippen molar-refractivity contribution in [2.24, 2.45) is 5.92 Å². The highest BCUT2D eigenvalue weighted by molar-refractivity contribution is 5.62. The zero-order valence-electron chi connectivity index (χ0n) is 18.4. The fraction of sp³-hybridized carbons (Fsp3) is 0.375. The fourth-order valence-corrected chi connectivity index (χ4v) is 4.60. The second-order valence-corrected chi connectivity index (χ2v) is 9.06. The van der Waals surface area contributed by atoms with E-state index in [2.05, 4.69) is 51.4 Å². The van der Waals surface area contributed by atoms with Gasteiger partial charge in [-0.15, -0.1) is 0 Å². The predicted molar refractivity (Wildman–Crippen MR) is 121 cm³/mol. The molecule has 1 saturated heterocycles. The lowest BCUT2D eigenvalue weighted by Gasteiger charge is -2.41. The van der Waals surface area contributed by atoms with Crippen LogP contribution in [-0.4, -0.2) is 43.1 Å². The van der Waals surface area contributed by atoms with Gasteiger partial charge in [-0.3, -0.25) is 4.68 Å². The summed E-state index contributed by atoms with van der Waals surface area (Å²) in [7, 11) is 0. The van der Waals surface area contributed by atoms with Gasteiger partial charge >= 0.3 is 0 Å². The summed E-state index contributed by atoms with van der Waals surface area (Å²) < 4.78 is 12.9. The standard InChI is InChI=1S/C24H25N7O2/c1-24(18-3-2-4-18,19-7-5-15(6-8-19)16-9-26-23(25)27-10-16)22-29-21(33-30-22)17-11-28-31(12-17)20-13-32-14-20/h5-12,18,20H,2-4,13-14H2,1H3,(H2,25,26,27). The Morgan fingerprint density at radius 3 is 2.39 bits per heavy atom. The highest BCUT2D eigenvalue weighted by Crippen LogP contribution is 2.47. The van der Waals surface area contributed by atoms with Crippen molar-refractivity contribution < 1.29 is 9.26 Å². The molecular formula is C24H25N7O2. The molecule has 9 nitrogen and oxygen atoms in total. The molecule has 0 radical (unpaired) electrons. The molecule has 9 heteroatoms. The van der Waals surface area contributed by atoms with Gasteiger partial charge in [0.1, 0.15) is 0 Å². The monoisotopic (exact) mass is 443 g/mol. The molecule has 1 unspecified atom stereocenters. The molecule has 1 aromatic carbocycles. The first kappa shape index (κ1) is 20.0. The normalized spacial score (nSPS) is 18.5. The largest absolute Gasteiger partial charge is 0.377 e. The molecule has 33 heavy (non-hydrogen) atoms. The van der Waals surface area contributed by atoms with E-state index in [1.807, 2.05) is 10.9 Å². The van der Waals surface area contributed by atoms with E-state index < -0.39 is 0 Å². The van der Waals surface area contributed by atoms with Crippen LogP contribution in [-0.2, 0) is 10.2 Å². The summed E-state index contributed by atoms with van der Waals surface area (Å²) in [6, 6.07) is 8.76. The summed E-state index contributed by atoms with van der Waals surface area (Å²) in [5.74, 6) is 1.94. The summed E-state index contributed by atoms with van der Waals surface area (Å²) in [6.45, 7) is 3.60. The van der Waals surface area contributed by atoms with Crippen LogP contribution >= 0.6 is 0 Å². The number of nitrogens with two attached hydrogens (primary N) is 1. The number of nitrogen functional groups attached to an aromatic ring is 1. The summed E-state index contributed by atoms with van der Waals surface area (Å²) >= 11 is 0. The van der Waals surface area contributed by atoms with Gasteiger partial charge in [-0.25, -0.2) is 9.97 Å². The van der Waals surface area contributed by atoms with Crippen molar-refractivity contribution in [3.05, 3.63) is 60.4 Å². The van der Waals surface area contributed by atoms with Crippen LogP contribution in [0.1, 0.15) is 43.6 Å². The van der Waals surface area contributed by atoms with Crippen molar-refractivity contribution in [3.63, 3.8) is 0 Å². The fourth-order valence-electron chi connectivity index (χ4n) is 4.60. The smallest absolute Gasteiger partial charge is 0.261 e. The maximum atomic E-state index is 5.71. The van der Waals surface area contributed by atoms with Gasteiger partial charge in [0.25, 0.3) is 5.89 Å². The first-order chi connectivity index (χ1) is 16.1. The van der Waals surface area contributed by atoms with Crippen molar-refractivity contribution in [3.8, 4) is 22.6 Å². The minimum absolute atomic E-state index is 0.271. The molecule has 4 aromatic rings. The van der Waals surface area contributed by atoms with Gasteiger partial charge in [-0.05, 0) is 36.8 Å². The van der Waals surface area contributed by atoms with Crippen molar-refractivity contribution in [1.29, 1.82) is 0 Å². The molecule has 1 saturated carbocycles. The van der Waals surface area contributed by atoms with Gasteiger partial charge in [0.2, 0.25) is 5.95 Å². The predicted octanol–water partition coefficient (Wildman–Crippen LogP) is 3.65. The first-order valence-electron chi connectivity index (χ1n) is 11.3. The van der Waals surface area contributed by atoms with Gasteiger partial charge in [-0.2, -0.15) is 10.1 Å². The van der Waals surface area contributed by atoms with Gasteiger partial charge in [0, 0.05) is 24.2 Å². The molecule has 0 amide bonds. The Morgan fingerprint density at radius 2 is 1.76 bits per heavy atom. The van der Waals surface area contributed by atoms with Crippen molar-refractivity contribution in [2.75, 3.05) is 18.9 Å². The Bertz CT molecular complexity index is 1260. The SMILES string of the molecule is CC(c1ccc(-c2cnc(N)nc2)cc1)(c1noc(-c2cnn(C3COC3)c2)n1)C1CCC1. The van der Waals surface area contributed by atoms with Gasteiger partial charge in [-0.1, -0.05) is 35.8 Å². The number of benzene rings is 1. The van der Waals surface area contributed by atoms with Crippen LogP contribution in [0, 0.1) is 5.92 Å². The number of hydrogen-bond donors (Lipinski definition) is 1. The minimum Gasteiger partial charge on any atom is -0.377 e. The Balaban J connectivity index is 1.32. The lowest BCUT2D eigenvalue weighted by Crippen LogP contribution is -2.38. The second kappa shape index (κ2) is 7.77. The Kier molecular flexibility index (Phi) is 4.72. The maximum Gasteiger partial charge on any atom is 0.261 e. The summed E-state index contributed by atoms with van der Waals surface area (Å²) in [4.78, 5) is 13.0. The zero-order valence-corrected chi connectivity index (χ0v) is 18.4. The topological polar surface area (TPSA) is 118 Å². The molecule has 1 atom stereocenters. The van der Waals surface area contributed by atoms with Gasteiger partial charge in [0.05, 0.1) is 36.4 Å². The number of hydrogen-bond acceptors (Lipinski definition) is 8. The molecule has 0 spiro atoms. The van der Waals surface area contributed by atoms with Crippen LogP contribution in [0.25, 0.3) is 22.6 Å². The number of aromatic nitrogens is 6. The summed E-state index contributed by atoms with van der Waals surface area (Å²) in [5.41, 5.74) is 9.24. The Morgan fingerprint density at radius 1 is 1.00 bits per heavy atom. The van der Waals surface area contributed by atoms with E-state index in [-0.39, 0.29) is 17.4 Å². The lowest BCUT2D eigenvalue weighted by atomic mass is 9.62. The van der Waals surface area contributed by atoms with Crippen LogP contribution in [0.2, 0.25) is 0 Å². The Hall–Kier alpha value is -3.59. The van der Waals surface area contributed by atoms with E-state index in [0.29, 0.717) is 30.8 Å². The van der Waals surface area contributed by atoms with E-state index in [9.17, 15) is 0 Å². The quantitative estimate of drug-likeness (QED) is 0.480. The molecule has 2 aliphatic rings. The second-order valence-electron chi connectivity index (χ2n) is 9.06. The Labute approximate surface area is 191 Å². The van der Waals surface area contributed by atoms with Gasteiger partial charge < -0.3 is 15.0 Å². The third-order valence-electron chi connectivity index (χ3n) is 7.14. The maximum absolute atomic E-state index is 5.71. The van der Waals surface area contributed by atoms with E-state index >= 15 is 0 Å². The molecule has 6 rings (SSSR count). The van der Waals surface area contributed by atoms with Crippen LogP contribution in [0.4, 0.5) is 5.95 Å². The zero-order chi connectivity index (χ0) is 22.4. The van der Waals surface area contributed by atoms with Crippen molar-refractivity contribution in [2.45, 2.75) is 37.6 Å². The average Bonchev–Trinajstić information content (AvgIpc) is 3.42. The van der Waals surface area contributed by atoms with E-state index in [4.69, 9.17) is 20.0 Å². The van der Waals surface area contributed by atoms with Crippen LogP contribution in [0.15, 0.2) is 53.6 Å². The summed E-state index contributed by atoms with van der Waals surface area (Å²) in [6.07, 6.45) is 10.7. The van der Waals surface area contributed by atoms with Crippen LogP contribution < -0.4 is 5.73 Å².